The number of likely N-dealkylation sites (N-methyl/N-ethyl adjacent to an activating group) is 1. The van der Waals surface area contributed by atoms with E-state index in [1.807, 2.05) is 38.1 Å². The lowest BCUT2D eigenvalue weighted by molar-refractivity contribution is -0.139. The fourth-order valence-electron chi connectivity index (χ4n) is 4.04. The van der Waals surface area contributed by atoms with Crippen molar-refractivity contribution in [2.75, 3.05) is 24.5 Å². The maximum atomic E-state index is 14.0. The number of rotatable bonds is 11. The number of methoxy groups -OCH3 is 1. The van der Waals surface area contributed by atoms with E-state index in [1.54, 1.807) is 44.2 Å². The Labute approximate surface area is 239 Å². The van der Waals surface area contributed by atoms with Gasteiger partial charge in [-0.1, -0.05) is 51.8 Å². The van der Waals surface area contributed by atoms with Gasteiger partial charge in [-0.25, -0.2) is 8.42 Å². The van der Waals surface area contributed by atoms with Crippen molar-refractivity contribution in [3.8, 4) is 5.75 Å². The zero-order valence-corrected chi connectivity index (χ0v) is 25.2. The minimum Gasteiger partial charge on any atom is -0.495 e. The summed E-state index contributed by atoms with van der Waals surface area (Å²) in [7, 11) is -2.74. The summed E-state index contributed by atoms with van der Waals surface area (Å²) in [5, 5.41) is 2.76. The van der Waals surface area contributed by atoms with Gasteiger partial charge in [0, 0.05) is 17.6 Å². The van der Waals surface area contributed by atoms with Gasteiger partial charge in [0.1, 0.15) is 18.3 Å². The van der Waals surface area contributed by atoms with Crippen molar-refractivity contribution in [2.24, 2.45) is 0 Å². The average Bonchev–Trinajstić information content (AvgIpc) is 2.91. The van der Waals surface area contributed by atoms with Crippen LogP contribution in [0.5, 0.6) is 5.75 Å². The first kappa shape index (κ1) is 30.2. The van der Waals surface area contributed by atoms with E-state index >= 15 is 0 Å². The van der Waals surface area contributed by atoms with Gasteiger partial charge in [0.2, 0.25) is 11.8 Å². The highest BCUT2D eigenvalue weighted by Crippen LogP contribution is 2.34. The highest BCUT2D eigenvalue weighted by molar-refractivity contribution is 9.10. The van der Waals surface area contributed by atoms with Crippen LogP contribution in [0.3, 0.4) is 0 Å². The maximum Gasteiger partial charge on any atom is 0.264 e. The Kier molecular flexibility index (Phi) is 10.2. The normalized spacial score (nSPS) is 11.9. The Morgan fingerprint density at radius 2 is 1.59 bits per heavy atom. The van der Waals surface area contributed by atoms with Crippen molar-refractivity contribution in [2.45, 2.75) is 45.2 Å². The first-order valence-corrected chi connectivity index (χ1v) is 14.8. The molecule has 1 unspecified atom stereocenters. The standard InChI is InChI=1S/C29H34BrN3O5S/c1-6-31-29(35)22(4)32(18-23-10-12-24(30)13-11-23)28(34)19-33(26-17-21(3)9-16-27(26)38-5)39(36,37)25-14-7-20(2)8-15-25/h7-17,22H,6,18-19H2,1-5H3,(H,31,35). The summed E-state index contributed by atoms with van der Waals surface area (Å²) in [5.41, 5.74) is 2.73. The third kappa shape index (κ3) is 7.39. The number of ether oxygens (including phenoxy) is 1. The molecular weight excluding hydrogens is 582 g/mol. The van der Waals surface area contributed by atoms with E-state index in [2.05, 4.69) is 21.2 Å². The molecule has 0 saturated heterocycles. The molecule has 1 N–H and O–H groups in total. The molecule has 10 heteroatoms. The van der Waals surface area contributed by atoms with Crippen LogP contribution in [-0.4, -0.2) is 51.4 Å². The molecule has 3 aromatic rings. The topological polar surface area (TPSA) is 96.0 Å². The molecule has 0 saturated carbocycles. The van der Waals surface area contributed by atoms with Crippen molar-refractivity contribution in [3.05, 3.63) is 87.9 Å². The minimum absolute atomic E-state index is 0.0423. The molecule has 0 spiro atoms. The number of halogens is 1. The number of sulfonamides is 1. The average molecular weight is 617 g/mol. The number of amides is 2. The molecule has 0 bridgehead atoms. The second-order valence-electron chi connectivity index (χ2n) is 9.22. The highest BCUT2D eigenvalue weighted by Gasteiger charge is 2.33. The van der Waals surface area contributed by atoms with Crippen LogP contribution in [0.1, 0.15) is 30.5 Å². The number of hydrogen-bond donors (Lipinski definition) is 1. The summed E-state index contributed by atoms with van der Waals surface area (Å²) < 4.78 is 35.4. The SMILES string of the molecule is CCNC(=O)C(C)N(Cc1ccc(Br)cc1)C(=O)CN(c1cc(C)ccc1OC)S(=O)(=O)c1ccc(C)cc1. The predicted octanol–water partition coefficient (Wildman–Crippen LogP) is 4.82. The Morgan fingerprint density at radius 3 is 2.18 bits per heavy atom. The molecule has 1 atom stereocenters. The number of carbonyl (C=O) groups excluding carboxylic acids is 2. The van der Waals surface area contributed by atoms with Gasteiger partial charge in [-0.2, -0.15) is 0 Å². The lowest BCUT2D eigenvalue weighted by Crippen LogP contribution is -2.51. The van der Waals surface area contributed by atoms with Crippen LogP contribution in [0.15, 0.2) is 76.1 Å². The molecule has 39 heavy (non-hydrogen) atoms. The summed E-state index contributed by atoms with van der Waals surface area (Å²) in [5.74, 6) is -0.555. The van der Waals surface area contributed by atoms with Gasteiger partial charge in [-0.3, -0.25) is 13.9 Å². The van der Waals surface area contributed by atoms with E-state index in [0.717, 1.165) is 25.5 Å². The van der Waals surface area contributed by atoms with Crippen LogP contribution in [-0.2, 0) is 26.2 Å². The number of anilines is 1. The van der Waals surface area contributed by atoms with Crippen molar-refractivity contribution < 1.29 is 22.7 Å². The molecule has 0 fully saturated rings. The molecular formula is C29H34BrN3O5S. The number of nitrogens with zero attached hydrogens (tertiary/aromatic N) is 2. The van der Waals surface area contributed by atoms with Crippen LogP contribution < -0.4 is 14.4 Å². The largest absolute Gasteiger partial charge is 0.495 e. The monoisotopic (exact) mass is 615 g/mol. The van der Waals surface area contributed by atoms with Crippen LogP contribution in [0, 0.1) is 13.8 Å². The van der Waals surface area contributed by atoms with Crippen LogP contribution in [0.2, 0.25) is 0 Å². The fraction of sp³-hybridized carbons (Fsp3) is 0.310. The summed E-state index contributed by atoms with van der Waals surface area (Å²) in [6.07, 6.45) is 0. The second kappa shape index (κ2) is 13.1. The van der Waals surface area contributed by atoms with Crippen LogP contribution >= 0.6 is 15.9 Å². The molecule has 0 aliphatic rings. The van der Waals surface area contributed by atoms with E-state index < -0.39 is 28.5 Å². The molecule has 2 amide bonds. The first-order valence-electron chi connectivity index (χ1n) is 12.5. The van der Waals surface area contributed by atoms with E-state index in [9.17, 15) is 18.0 Å². The Balaban J connectivity index is 2.09. The third-order valence-electron chi connectivity index (χ3n) is 6.28. The Bertz CT molecular complexity index is 1410. The molecule has 3 aromatic carbocycles. The van der Waals surface area contributed by atoms with Crippen molar-refractivity contribution >= 4 is 43.5 Å². The van der Waals surface area contributed by atoms with Gasteiger partial charge >= 0.3 is 0 Å². The molecule has 0 aliphatic heterocycles. The van der Waals surface area contributed by atoms with Gasteiger partial charge in [-0.15, -0.1) is 0 Å². The zero-order valence-electron chi connectivity index (χ0n) is 22.8. The fourth-order valence-corrected chi connectivity index (χ4v) is 5.72. The van der Waals surface area contributed by atoms with Gasteiger partial charge in [0.25, 0.3) is 10.0 Å². The lowest BCUT2D eigenvalue weighted by Gasteiger charge is -2.32. The molecule has 0 aliphatic carbocycles. The highest BCUT2D eigenvalue weighted by atomic mass is 79.9. The summed E-state index contributed by atoms with van der Waals surface area (Å²) in [6, 6.07) is 18.1. The van der Waals surface area contributed by atoms with E-state index in [1.165, 1.54) is 24.1 Å². The smallest absolute Gasteiger partial charge is 0.264 e. The van der Waals surface area contributed by atoms with Gasteiger partial charge in [0.15, 0.2) is 0 Å². The van der Waals surface area contributed by atoms with Crippen LogP contribution in [0.25, 0.3) is 0 Å². The molecule has 3 rings (SSSR count). The molecule has 0 radical (unpaired) electrons. The molecule has 208 valence electrons. The van der Waals surface area contributed by atoms with E-state index in [0.29, 0.717) is 12.3 Å². The Morgan fingerprint density at radius 1 is 0.974 bits per heavy atom. The number of carbonyl (C=O) groups is 2. The van der Waals surface area contributed by atoms with Gasteiger partial charge in [0.05, 0.1) is 17.7 Å². The summed E-state index contributed by atoms with van der Waals surface area (Å²) >= 11 is 3.41. The Hall–Kier alpha value is -3.37. The first-order chi connectivity index (χ1) is 18.5. The van der Waals surface area contributed by atoms with Gasteiger partial charge < -0.3 is 15.0 Å². The van der Waals surface area contributed by atoms with Gasteiger partial charge in [-0.05, 0) is 75.2 Å². The van der Waals surface area contributed by atoms with Crippen molar-refractivity contribution in [3.63, 3.8) is 0 Å². The summed E-state index contributed by atoms with van der Waals surface area (Å²) in [6.45, 7) is 7.11. The number of hydrogen-bond acceptors (Lipinski definition) is 5. The summed E-state index contributed by atoms with van der Waals surface area (Å²) in [4.78, 5) is 28.2. The number of aryl methyl sites for hydroxylation is 2. The quantitative estimate of drug-likeness (QED) is 0.333. The van der Waals surface area contributed by atoms with Crippen molar-refractivity contribution in [1.82, 2.24) is 10.2 Å². The molecule has 8 nitrogen and oxygen atoms in total. The van der Waals surface area contributed by atoms with E-state index in [-0.39, 0.29) is 23.0 Å². The minimum atomic E-state index is -4.18. The molecule has 0 aromatic heterocycles. The zero-order chi connectivity index (χ0) is 28.7. The lowest BCUT2D eigenvalue weighted by atomic mass is 10.1. The van der Waals surface area contributed by atoms with Crippen molar-refractivity contribution in [1.29, 1.82) is 0 Å². The van der Waals surface area contributed by atoms with E-state index in [4.69, 9.17) is 4.74 Å². The number of nitrogens with one attached hydrogen (secondary N) is 1. The third-order valence-corrected chi connectivity index (χ3v) is 8.58. The predicted molar refractivity (Wildman–Crippen MR) is 156 cm³/mol. The maximum absolute atomic E-state index is 14.0. The second-order valence-corrected chi connectivity index (χ2v) is 12.0. The van der Waals surface area contributed by atoms with Crippen LogP contribution in [0.4, 0.5) is 5.69 Å². The number of benzene rings is 3. The molecule has 0 heterocycles.